The Morgan fingerprint density at radius 3 is 1.52 bits per heavy atom. The molecule has 0 aromatic rings. The van der Waals surface area contributed by atoms with Crippen LogP contribution in [0.25, 0.3) is 0 Å². The number of hydrogen-bond donors (Lipinski definition) is 3. The van der Waals surface area contributed by atoms with Gasteiger partial charge >= 0.3 is 7.60 Å². The van der Waals surface area contributed by atoms with Gasteiger partial charge in [0.05, 0.1) is 21.1 Å². The smallest absolute Gasteiger partial charge is 0.362 e. The normalized spacial score (nSPS) is 15.2. The Kier molecular flexibility index (Phi) is 16.8. The molecule has 3 N–H and O–H groups in total. The first-order chi connectivity index (χ1) is 14.5. The van der Waals surface area contributed by atoms with E-state index in [4.69, 9.17) is 0 Å². The second-order valence-electron chi connectivity index (χ2n) is 9.98. The molecule has 0 radical (unpaired) electrons. The van der Waals surface area contributed by atoms with Gasteiger partial charge in [0.25, 0.3) is 0 Å². The molecule has 0 spiro atoms. The van der Waals surface area contributed by atoms with Crippen LogP contribution < -0.4 is 0 Å². The van der Waals surface area contributed by atoms with Gasteiger partial charge in [-0.05, 0) is 57.8 Å². The van der Waals surface area contributed by atoms with Crippen LogP contribution in [0.2, 0.25) is 0 Å². The van der Waals surface area contributed by atoms with E-state index in [0.29, 0.717) is 10.9 Å². The highest BCUT2D eigenvalue weighted by Crippen LogP contribution is 2.52. The molecule has 0 aliphatic rings. The van der Waals surface area contributed by atoms with Crippen LogP contribution in [-0.2, 0) is 4.57 Å². The SMILES string of the molecule is CC/C=C\CCCCC/C=C\CCCCCCCCCC(O)(C[N+](C)(C)C)P(=O)(O)O. The zero-order chi connectivity index (χ0) is 23.6. The van der Waals surface area contributed by atoms with Crippen LogP contribution in [0.4, 0.5) is 0 Å². The highest BCUT2D eigenvalue weighted by Gasteiger charge is 2.48. The summed E-state index contributed by atoms with van der Waals surface area (Å²) in [5, 5.41) is 8.62. The van der Waals surface area contributed by atoms with Gasteiger partial charge in [-0.1, -0.05) is 69.8 Å². The summed E-state index contributed by atoms with van der Waals surface area (Å²) in [4.78, 5) is 19.2. The molecular formula is C25H51NO4P+. The second kappa shape index (κ2) is 17.1. The van der Waals surface area contributed by atoms with Gasteiger partial charge in [0.15, 0.2) is 0 Å². The second-order valence-corrected chi connectivity index (χ2v) is 11.9. The molecule has 1 atom stereocenters. The number of allylic oxidation sites excluding steroid dienone is 4. The van der Waals surface area contributed by atoms with Crippen molar-refractivity contribution in [1.29, 1.82) is 0 Å². The molecule has 6 heteroatoms. The van der Waals surface area contributed by atoms with Gasteiger partial charge < -0.3 is 19.4 Å². The number of nitrogens with zero attached hydrogens (tertiary/aromatic N) is 1. The number of aliphatic hydroxyl groups is 1. The van der Waals surface area contributed by atoms with E-state index in [0.717, 1.165) is 25.7 Å². The van der Waals surface area contributed by atoms with Gasteiger partial charge in [0.1, 0.15) is 6.54 Å². The predicted octanol–water partition coefficient (Wildman–Crippen LogP) is 6.54. The Labute approximate surface area is 192 Å². The maximum atomic E-state index is 11.8. The summed E-state index contributed by atoms with van der Waals surface area (Å²) in [7, 11) is 0.964. The number of quaternary nitrogens is 1. The van der Waals surface area contributed by atoms with Crippen LogP contribution in [0.1, 0.15) is 103 Å². The van der Waals surface area contributed by atoms with E-state index >= 15 is 0 Å². The van der Waals surface area contributed by atoms with Crippen molar-refractivity contribution in [3.05, 3.63) is 24.3 Å². The fraction of sp³-hybridized carbons (Fsp3) is 0.840. The first-order valence-corrected chi connectivity index (χ1v) is 14.0. The van der Waals surface area contributed by atoms with E-state index in [1.165, 1.54) is 57.8 Å². The lowest BCUT2D eigenvalue weighted by molar-refractivity contribution is -0.875. The Hall–Kier alpha value is -0.450. The minimum absolute atomic E-state index is 0.0566. The number of rotatable bonds is 20. The molecule has 0 aliphatic carbocycles. The van der Waals surface area contributed by atoms with Gasteiger partial charge in [-0.15, -0.1) is 0 Å². The molecule has 0 saturated heterocycles. The van der Waals surface area contributed by atoms with E-state index in [2.05, 4.69) is 31.2 Å². The van der Waals surface area contributed by atoms with E-state index in [-0.39, 0.29) is 13.0 Å². The van der Waals surface area contributed by atoms with Crippen molar-refractivity contribution in [2.45, 2.75) is 109 Å². The fourth-order valence-electron chi connectivity index (χ4n) is 3.85. The van der Waals surface area contributed by atoms with Gasteiger partial charge in [-0.2, -0.15) is 0 Å². The summed E-state index contributed by atoms with van der Waals surface area (Å²) in [6.07, 6.45) is 25.5. The largest absolute Gasteiger partial charge is 0.373 e. The Morgan fingerprint density at radius 1 is 0.710 bits per heavy atom. The van der Waals surface area contributed by atoms with Crippen molar-refractivity contribution in [1.82, 2.24) is 0 Å². The van der Waals surface area contributed by atoms with Crippen molar-refractivity contribution in [2.75, 3.05) is 27.7 Å². The molecule has 5 nitrogen and oxygen atoms in total. The molecule has 0 fully saturated rings. The number of hydrogen-bond acceptors (Lipinski definition) is 2. The summed E-state index contributed by atoms with van der Waals surface area (Å²) in [6.45, 7) is 2.23. The first kappa shape index (κ1) is 30.6. The topological polar surface area (TPSA) is 77.8 Å². The zero-order valence-electron chi connectivity index (χ0n) is 20.8. The monoisotopic (exact) mass is 460 g/mol. The van der Waals surface area contributed by atoms with Crippen molar-refractivity contribution in [2.24, 2.45) is 0 Å². The quantitative estimate of drug-likeness (QED) is 0.0834. The van der Waals surface area contributed by atoms with Gasteiger partial charge in [-0.25, -0.2) is 0 Å². The fourth-order valence-corrected chi connectivity index (χ4v) is 4.91. The van der Waals surface area contributed by atoms with Gasteiger partial charge in [-0.3, -0.25) is 4.57 Å². The van der Waals surface area contributed by atoms with Crippen molar-refractivity contribution in [3.63, 3.8) is 0 Å². The lowest BCUT2D eigenvalue weighted by Crippen LogP contribution is -2.49. The molecule has 0 bridgehead atoms. The molecule has 0 rings (SSSR count). The van der Waals surface area contributed by atoms with E-state index in [1.807, 2.05) is 21.1 Å². The predicted molar refractivity (Wildman–Crippen MR) is 133 cm³/mol. The molecule has 184 valence electrons. The highest BCUT2D eigenvalue weighted by molar-refractivity contribution is 7.53. The lowest BCUT2D eigenvalue weighted by Gasteiger charge is -2.35. The molecule has 0 aliphatic heterocycles. The van der Waals surface area contributed by atoms with E-state index in [1.54, 1.807) is 0 Å². The maximum absolute atomic E-state index is 11.8. The summed E-state index contributed by atoms with van der Waals surface area (Å²) in [5.41, 5.74) is 0. The molecule has 0 aromatic heterocycles. The van der Waals surface area contributed by atoms with Crippen LogP contribution in [0, 0.1) is 0 Å². The van der Waals surface area contributed by atoms with Crippen LogP contribution in [0.3, 0.4) is 0 Å². The molecule has 0 aromatic carbocycles. The van der Waals surface area contributed by atoms with Crippen LogP contribution in [-0.4, -0.2) is 52.4 Å². The van der Waals surface area contributed by atoms with Crippen molar-refractivity contribution >= 4 is 7.60 Å². The third-order valence-electron chi connectivity index (χ3n) is 5.53. The molecule has 1 unspecified atom stereocenters. The Balaban J connectivity index is 3.66. The molecule has 0 saturated carbocycles. The standard InChI is InChI=1S/C25H50NO4P/c1-5-6-7-8-9-10-11-12-13-14-15-16-17-18-19-20-21-22-23-25(27,31(28,29)30)24-26(2,3)4/h6-7,13-14,27H,5,8-12,15-24H2,1-4H3,(H-,28,29,30)/p+1/b7-6-,14-13-. The highest BCUT2D eigenvalue weighted by atomic mass is 31.2. The van der Waals surface area contributed by atoms with E-state index in [9.17, 15) is 19.5 Å². The van der Waals surface area contributed by atoms with E-state index < -0.39 is 12.9 Å². The minimum atomic E-state index is -4.55. The number of unbranched alkanes of at least 4 members (excludes halogenated alkanes) is 11. The van der Waals surface area contributed by atoms with Crippen LogP contribution in [0.5, 0.6) is 0 Å². The third-order valence-corrected chi connectivity index (χ3v) is 6.98. The van der Waals surface area contributed by atoms with Crippen molar-refractivity contribution < 1.29 is 23.9 Å². The van der Waals surface area contributed by atoms with Gasteiger partial charge in [0, 0.05) is 0 Å². The zero-order valence-corrected chi connectivity index (χ0v) is 21.7. The van der Waals surface area contributed by atoms with Crippen molar-refractivity contribution in [3.8, 4) is 0 Å². The molecule has 0 amide bonds. The Bertz CT molecular complexity index is 536. The molecule has 0 heterocycles. The summed E-state index contributed by atoms with van der Waals surface area (Å²) in [5.74, 6) is 0. The maximum Gasteiger partial charge on any atom is 0.362 e. The first-order valence-electron chi connectivity index (χ1n) is 12.4. The number of likely N-dealkylation sites (N-methyl/N-ethyl adjacent to an activating group) is 1. The average Bonchev–Trinajstić information content (AvgIpc) is 2.65. The molecular weight excluding hydrogens is 409 g/mol. The Morgan fingerprint density at radius 2 is 1.10 bits per heavy atom. The summed E-state index contributed by atoms with van der Waals surface area (Å²) in [6, 6.07) is 0. The summed E-state index contributed by atoms with van der Waals surface area (Å²) >= 11 is 0. The molecule has 31 heavy (non-hydrogen) atoms. The van der Waals surface area contributed by atoms with Crippen LogP contribution in [0.15, 0.2) is 24.3 Å². The average molecular weight is 461 g/mol. The lowest BCUT2D eigenvalue weighted by atomic mass is 10.0. The van der Waals surface area contributed by atoms with Gasteiger partial charge in [0.2, 0.25) is 5.34 Å². The third kappa shape index (κ3) is 17.7. The summed E-state index contributed by atoms with van der Waals surface area (Å²) < 4.78 is 12.1. The minimum Gasteiger partial charge on any atom is -0.373 e. The van der Waals surface area contributed by atoms with Crippen LogP contribution >= 0.6 is 7.60 Å².